The molecule has 1 aromatic rings. The van der Waals surface area contributed by atoms with Crippen molar-refractivity contribution in [2.24, 2.45) is 5.73 Å². The van der Waals surface area contributed by atoms with E-state index in [9.17, 15) is 0 Å². The number of nitrogen functional groups attached to an aromatic ring is 1. The van der Waals surface area contributed by atoms with E-state index in [-0.39, 0.29) is 6.04 Å². The highest BCUT2D eigenvalue weighted by Crippen LogP contribution is 2.29. The van der Waals surface area contributed by atoms with E-state index in [1.54, 1.807) is 0 Å². The van der Waals surface area contributed by atoms with Gasteiger partial charge in [-0.05, 0) is 12.8 Å². The molecule has 72 valence electrons. The van der Waals surface area contributed by atoms with Crippen molar-refractivity contribution < 1.29 is 0 Å². The minimum absolute atomic E-state index is 0.209. The number of aromatic amines is 1. The second-order valence-corrected chi connectivity index (χ2v) is 3.63. The number of H-pyrrole nitrogens is 1. The molecule has 0 aromatic carbocycles. The lowest BCUT2D eigenvalue weighted by Crippen LogP contribution is -2.32. The Kier molecular flexibility index (Phi) is 2.18. The van der Waals surface area contributed by atoms with Crippen molar-refractivity contribution in [2.75, 3.05) is 5.73 Å². The van der Waals surface area contributed by atoms with Crippen LogP contribution in [0.15, 0.2) is 0 Å². The molecule has 2 atom stereocenters. The van der Waals surface area contributed by atoms with Crippen LogP contribution in [0.5, 0.6) is 0 Å². The summed E-state index contributed by atoms with van der Waals surface area (Å²) in [6.45, 7) is 0. The molecular weight excluding hydrogens is 166 g/mol. The minimum atomic E-state index is 0.209. The fourth-order valence-corrected chi connectivity index (χ4v) is 1.95. The molecule has 0 radical (unpaired) electrons. The summed E-state index contributed by atoms with van der Waals surface area (Å²) in [4.78, 5) is 4.12. The molecule has 1 aliphatic carbocycles. The Hall–Kier alpha value is -1.10. The third kappa shape index (κ3) is 1.65. The van der Waals surface area contributed by atoms with Crippen LogP contribution in [0.1, 0.15) is 37.4 Å². The third-order valence-electron chi connectivity index (χ3n) is 2.69. The van der Waals surface area contributed by atoms with Gasteiger partial charge in [0, 0.05) is 12.0 Å². The van der Waals surface area contributed by atoms with Gasteiger partial charge in [-0.2, -0.15) is 4.98 Å². The fraction of sp³-hybridized carbons (Fsp3) is 0.750. The first kappa shape index (κ1) is 8.50. The van der Waals surface area contributed by atoms with Crippen LogP contribution in [0.3, 0.4) is 0 Å². The standard InChI is InChI=1S/C8H15N5/c9-6-4-2-1-3-5(6)7-11-8(10)13-12-7/h5-6H,1-4,9H2,(H3,10,11,12,13). The van der Waals surface area contributed by atoms with Crippen molar-refractivity contribution in [1.82, 2.24) is 15.2 Å². The van der Waals surface area contributed by atoms with Crippen LogP contribution in [-0.4, -0.2) is 21.2 Å². The normalized spacial score (nSPS) is 29.0. The van der Waals surface area contributed by atoms with Gasteiger partial charge in [0.1, 0.15) is 5.82 Å². The van der Waals surface area contributed by atoms with E-state index >= 15 is 0 Å². The molecule has 1 heterocycles. The van der Waals surface area contributed by atoms with Crippen molar-refractivity contribution in [3.8, 4) is 0 Å². The Labute approximate surface area is 76.9 Å². The molecule has 1 aliphatic rings. The zero-order valence-corrected chi connectivity index (χ0v) is 7.53. The molecule has 1 aromatic heterocycles. The average Bonchev–Trinajstić information content (AvgIpc) is 2.53. The van der Waals surface area contributed by atoms with Gasteiger partial charge in [0.25, 0.3) is 0 Å². The number of nitrogens with zero attached hydrogens (tertiary/aromatic N) is 2. The van der Waals surface area contributed by atoms with Crippen LogP contribution in [0, 0.1) is 0 Å². The van der Waals surface area contributed by atoms with E-state index in [1.807, 2.05) is 0 Å². The summed E-state index contributed by atoms with van der Waals surface area (Å²) in [5.74, 6) is 1.48. The van der Waals surface area contributed by atoms with E-state index in [0.717, 1.165) is 18.7 Å². The molecule has 0 saturated heterocycles. The monoisotopic (exact) mass is 181 g/mol. The Morgan fingerprint density at radius 2 is 2.08 bits per heavy atom. The zero-order valence-electron chi connectivity index (χ0n) is 7.53. The molecule has 1 saturated carbocycles. The van der Waals surface area contributed by atoms with E-state index in [2.05, 4.69) is 15.2 Å². The molecule has 5 heteroatoms. The lowest BCUT2D eigenvalue weighted by atomic mass is 9.85. The van der Waals surface area contributed by atoms with Crippen LogP contribution < -0.4 is 11.5 Å². The third-order valence-corrected chi connectivity index (χ3v) is 2.69. The summed E-state index contributed by atoms with van der Waals surface area (Å²) >= 11 is 0. The van der Waals surface area contributed by atoms with Crippen LogP contribution in [0.4, 0.5) is 5.95 Å². The van der Waals surface area contributed by atoms with E-state index in [4.69, 9.17) is 11.5 Å². The SMILES string of the molecule is Nc1n[nH]c(C2CCCCC2N)n1. The summed E-state index contributed by atoms with van der Waals surface area (Å²) in [6, 6.07) is 0.209. The smallest absolute Gasteiger partial charge is 0.239 e. The molecule has 0 aliphatic heterocycles. The van der Waals surface area contributed by atoms with Crippen molar-refractivity contribution in [1.29, 1.82) is 0 Å². The molecule has 13 heavy (non-hydrogen) atoms. The highest BCUT2D eigenvalue weighted by atomic mass is 15.3. The number of anilines is 1. The van der Waals surface area contributed by atoms with Crippen LogP contribution in [0.2, 0.25) is 0 Å². The number of hydrogen-bond acceptors (Lipinski definition) is 4. The predicted octanol–water partition coefficient (Wildman–Crippen LogP) is 0.372. The highest BCUT2D eigenvalue weighted by molar-refractivity contribution is 5.15. The lowest BCUT2D eigenvalue weighted by molar-refractivity contribution is 0.374. The van der Waals surface area contributed by atoms with Gasteiger partial charge in [-0.15, -0.1) is 5.10 Å². The van der Waals surface area contributed by atoms with Crippen molar-refractivity contribution >= 4 is 5.95 Å². The highest BCUT2D eigenvalue weighted by Gasteiger charge is 2.25. The van der Waals surface area contributed by atoms with E-state index < -0.39 is 0 Å². The zero-order chi connectivity index (χ0) is 9.26. The first-order valence-electron chi connectivity index (χ1n) is 4.70. The van der Waals surface area contributed by atoms with Gasteiger partial charge in [0.05, 0.1) is 0 Å². The summed E-state index contributed by atoms with van der Waals surface area (Å²) in [5.41, 5.74) is 11.4. The Morgan fingerprint density at radius 3 is 2.69 bits per heavy atom. The van der Waals surface area contributed by atoms with Crippen molar-refractivity contribution in [3.63, 3.8) is 0 Å². The molecule has 0 bridgehead atoms. The quantitative estimate of drug-likeness (QED) is 0.583. The second kappa shape index (κ2) is 3.33. The van der Waals surface area contributed by atoms with Gasteiger partial charge in [0.2, 0.25) is 5.95 Å². The summed E-state index contributed by atoms with van der Waals surface area (Å²) < 4.78 is 0. The maximum atomic E-state index is 5.99. The number of nitrogens with two attached hydrogens (primary N) is 2. The second-order valence-electron chi connectivity index (χ2n) is 3.63. The molecule has 2 unspecified atom stereocenters. The van der Waals surface area contributed by atoms with Gasteiger partial charge >= 0.3 is 0 Å². The molecule has 5 nitrogen and oxygen atoms in total. The van der Waals surface area contributed by atoms with Gasteiger partial charge in [-0.3, -0.25) is 5.10 Å². The van der Waals surface area contributed by atoms with Crippen molar-refractivity contribution in [2.45, 2.75) is 37.6 Å². The lowest BCUT2D eigenvalue weighted by Gasteiger charge is -2.26. The molecule has 0 spiro atoms. The predicted molar refractivity (Wildman–Crippen MR) is 50.0 cm³/mol. The fourth-order valence-electron chi connectivity index (χ4n) is 1.95. The maximum absolute atomic E-state index is 5.99. The van der Waals surface area contributed by atoms with Crippen molar-refractivity contribution in [3.05, 3.63) is 5.82 Å². The number of rotatable bonds is 1. The number of aromatic nitrogens is 3. The Morgan fingerprint density at radius 1 is 1.31 bits per heavy atom. The molecule has 0 amide bonds. The summed E-state index contributed by atoms with van der Waals surface area (Å²) in [7, 11) is 0. The number of hydrogen-bond donors (Lipinski definition) is 3. The van der Waals surface area contributed by atoms with Crippen LogP contribution >= 0.6 is 0 Å². The van der Waals surface area contributed by atoms with Crippen LogP contribution in [0.25, 0.3) is 0 Å². The Balaban J connectivity index is 2.14. The largest absolute Gasteiger partial charge is 0.367 e. The topological polar surface area (TPSA) is 93.6 Å². The van der Waals surface area contributed by atoms with Crippen LogP contribution in [-0.2, 0) is 0 Å². The van der Waals surface area contributed by atoms with E-state index in [0.29, 0.717) is 11.9 Å². The Bertz CT molecular complexity index is 282. The first-order valence-corrected chi connectivity index (χ1v) is 4.70. The molecule has 2 rings (SSSR count). The van der Waals surface area contributed by atoms with Gasteiger partial charge in [0.15, 0.2) is 0 Å². The van der Waals surface area contributed by atoms with E-state index in [1.165, 1.54) is 12.8 Å². The van der Waals surface area contributed by atoms with Gasteiger partial charge in [-0.1, -0.05) is 12.8 Å². The summed E-state index contributed by atoms with van der Waals surface area (Å²) in [6.07, 6.45) is 4.61. The number of nitrogens with one attached hydrogen (secondary N) is 1. The molecular formula is C8H15N5. The molecule has 1 fully saturated rings. The average molecular weight is 181 g/mol. The summed E-state index contributed by atoms with van der Waals surface area (Å²) in [5, 5.41) is 6.65. The van der Waals surface area contributed by atoms with Gasteiger partial charge in [-0.25, -0.2) is 0 Å². The molecule has 5 N–H and O–H groups in total. The first-order chi connectivity index (χ1) is 6.27. The maximum Gasteiger partial charge on any atom is 0.239 e. The van der Waals surface area contributed by atoms with Gasteiger partial charge < -0.3 is 11.5 Å². The minimum Gasteiger partial charge on any atom is -0.367 e.